The van der Waals surface area contributed by atoms with Crippen LogP contribution in [0.1, 0.15) is 12.5 Å². The maximum atomic E-state index is 6.14. The van der Waals surface area contributed by atoms with E-state index in [9.17, 15) is 0 Å². The molecule has 2 N–H and O–H groups in total. The third-order valence-electron chi connectivity index (χ3n) is 3.72. The molecule has 1 aliphatic heterocycles. The maximum absolute atomic E-state index is 6.14. The van der Waals surface area contributed by atoms with Gasteiger partial charge < -0.3 is 10.3 Å². The summed E-state index contributed by atoms with van der Waals surface area (Å²) in [6.07, 6.45) is 2.99. The minimum Gasteiger partial charge on any atom is -0.369 e. The van der Waals surface area contributed by atoms with E-state index >= 15 is 0 Å². The Morgan fingerprint density at radius 3 is 3.00 bits per heavy atom. The highest BCUT2D eigenvalue weighted by Crippen LogP contribution is 2.35. The van der Waals surface area contributed by atoms with Crippen molar-refractivity contribution in [3.05, 3.63) is 30.5 Å². The number of pyridine rings is 1. The van der Waals surface area contributed by atoms with Gasteiger partial charge in [0.05, 0.1) is 17.2 Å². The van der Waals surface area contributed by atoms with Crippen LogP contribution in [0.2, 0.25) is 0 Å². The molecule has 1 unspecified atom stereocenters. The van der Waals surface area contributed by atoms with Gasteiger partial charge in [-0.1, -0.05) is 18.2 Å². The molecule has 1 aliphatic rings. The molecule has 0 amide bonds. The summed E-state index contributed by atoms with van der Waals surface area (Å²) in [4.78, 5) is 8.93. The van der Waals surface area contributed by atoms with Crippen molar-refractivity contribution < 1.29 is 0 Å². The first-order chi connectivity index (χ1) is 9.34. The van der Waals surface area contributed by atoms with Gasteiger partial charge in [0.2, 0.25) is 5.95 Å². The molecule has 0 radical (unpaired) electrons. The zero-order valence-corrected chi connectivity index (χ0v) is 11.2. The molecule has 96 valence electrons. The molecule has 2 aromatic heterocycles. The van der Waals surface area contributed by atoms with Crippen LogP contribution in [0, 0.1) is 0 Å². The van der Waals surface area contributed by atoms with Gasteiger partial charge >= 0.3 is 0 Å². The first kappa shape index (κ1) is 11.1. The van der Waals surface area contributed by atoms with E-state index in [1.807, 2.05) is 36.2 Å². The zero-order valence-electron chi connectivity index (χ0n) is 10.4. The number of nitrogens with two attached hydrogens (primary N) is 1. The van der Waals surface area contributed by atoms with Crippen molar-refractivity contribution in [3.63, 3.8) is 0 Å². The van der Waals surface area contributed by atoms with E-state index in [1.54, 1.807) is 0 Å². The summed E-state index contributed by atoms with van der Waals surface area (Å²) in [6, 6.07) is 8.65. The molecule has 19 heavy (non-hydrogen) atoms. The van der Waals surface area contributed by atoms with E-state index < -0.39 is 0 Å². The fraction of sp³-hybridized carbons (Fsp3) is 0.286. The van der Waals surface area contributed by atoms with Crippen molar-refractivity contribution in [2.24, 2.45) is 0 Å². The molecule has 0 bridgehead atoms. The maximum Gasteiger partial charge on any atom is 0.201 e. The number of benzene rings is 1. The molecule has 4 nitrogen and oxygen atoms in total. The molecule has 1 aromatic carbocycles. The molecule has 0 saturated carbocycles. The van der Waals surface area contributed by atoms with E-state index in [-0.39, 0.29) is 0 Å². The van der Waals surface area contributed by atoms with Gasteiger partial charge in [-0.2, -0.15) is 11.8 Å². The molecular formula is C14H14N4S. The summed E-state index contributed by atoms with van der Waals surface area (Å²) in [5.74, 6) is 2.93. The number of nitrogens with zero attached hydrogens (tertiary/aromatic N) is 3. The Balaban J connectivity index is 2.10. The van der Waals surface area contributed by atoms with Gasteiger partial charge in [-0.3, -0.25) is 4.98 Å². The van der Waals surface area contributed by atoms with Crippen molar-refractivity contribution >= 4 is 39.6 Å². The number of para-hydroxylation sites is 1. The molecule has 3 aromatic rings. The third kappa shape index (κ3) is 1.61. The Labute approximate surface area is 115 Å². The summed E-state index contributed by atoms with van der Waals surface area (Å²) in [5.41, 5.74) is 9.17. The van der Waals surface area contributed by atoms with Crippen molar-refractivity contribution in [2.75, 3.05) is 17.2 Å². The smallest absolute Gasteiger partial charge is 0.201 e. The van der Waals surface area contributed by atoms with Gasteiger partial charge in [-0.05, 0) is 18.2 Å². The molecule has 4 rings (SSSR count). The van der Waals surface area contributed by atoms with Crippen molar-refractivity contribution in [3.8, 4) is 0 Å². The second kappa shape index (κ2) is 4.13. The Bertz CT molecular complexity index is 759. The van der Waals surface area contributed by atoms with E-state index in [2.05, 4.69) is 20.6 Å². The van der Waals surface area contributed by atoms with Gasteiger partial charge in [0.25, 0.3) is 0 Å². The quantitative estimate of drug-likeness (QED) is 0.738. The summed E-state index contributed by atoms with van der Waals surface area (Å²) >= 11 is 1.98. The van der Waals surface area contributed by atoms with E-state index in [1.165, 1.54) is 5.75 Å². The van der Waals surface area contributed by atoms with Crippen LogP contribution in [-0.4, -0.2) is 26.0 Å². The van der Waals surface area contributed by atoms with Gasteiger partial charge in [0.1, 0.15) is 5.52 Å². The summed E-state index contributed by atoms with van der Waals surface area (Å²) < 4.78 is 2.21. The number of hydrogen-bond acceptors (Lipinski definition) is 4. The molecule has 3 heterocycles. The fourth-order valence-corrected chi connectivity index (χ4v) is 4.03. The van der Waals surface area contributed by atoms with E-state index in [0.717, 1.165) is 34.1 Å². The number of imidazole rings is 1. The van der Waals surface area contributed by atoms with Crippen LogP contribution in [0.25, 0.3) is 21.9 Å². The lowest BCUT2D eigenvalue weighted by Crippen LogP contribution is -2.11. The van der Waals surface area contributed by atoms with Crippen LogP contribution in [-0.2, 0) is 0 Å². The number of anilines is 1. The summed E-state index contributed by atoms with van der Waals surface area (Å²) in [6.45, 7) is 0. The first-order valence-corrected chi connectivity index (χ1v) is 7.59. The number of hydrogen-bond donors (Lipinski definition) is 1. The minimum atomic E-state index is 0.459. The van der Waals surface area contributed by atoms with Crippen LogP contribution in [0.5, 0.6) is 0 Å². The van der Waals surface area contributed by atoms with Crippen molar-refractivity contribution in [1.29, 1.82) is 0 Å². The lowest BCUT2D eigenvalue weighted by atomic mass is 10.1. The first-order valence-electron chi connectivity index (χ1n) is 6.43. The molecule has 5 heteroatoms. The van der Waals surface area contributed by atoms with Crippen LogP contribution in [0.4, 0.5) is 5.95 Å². The lowest BCUT2D eigenvalue weighted by Gasteiger charge is -2.14. The van der Waals surface area contributed by atoms with Crippen LogP contribution < -0.4 is 5.73 Å². The lowest BCUT2D eigenvalue weighted by molar-refractivity contribution is 0.584. The number of rotatable bonds is 1. The fourth-order valence-electron chi connectivity index (χ4n) is 2.84. The highest BCUT2D eigenvalue weighted by molar-refractivity contribution is 7.99. The molecule has 1 saturated heterocycles. The van der Waals surface area contributed by atoms with Gasteiger partial charge in [-0.25, -0.2) is 4.98 Å². The second-order valence-corrected chi connectivity index (χ2v) is 6.02. The predicted octanol–water partition coefficient (Wildman–Crippen LogP) is 2.84. The zero-order chi connectivity index (χ0) is 12.8. The Kier molecular flexibility index (Phi) is 2.41. The average molecular weight is 270 g/mol. The summed E-state index contributed by atoms with van der Waals surface area (Å²) in [7, 11) is 0. The number of fused-ring (bicyclic) bond motifs is 3. The highest BCUT2D eigenvalue weighted by atomic mass is 32.2. The number of thioether (sulfide) groups is 1. The van der Waals surface area contributed by atoms with Crippen LogP contribution >= 0.6 is 11.8 Å². The normalized spacial score (nSPS) is 19.5. The molecule has 0 spiro atoms. The standard InChI is InChI=1S/C14H14N4S/c15-14-17-12-7-16-11-4-2-1-3-10(11)13(12)18(14)9-5-6-19-8-9/h1-4,7,9H,5-6,8H2,(H2,15,17). The monoisotopic (exact) mass is 270 g/mol. The third-order valence-corrected chi connectivity index (χ3v) is 4.87. The average Bonchev–Trinajstić information content (AvgIpc) is 3.04. The number of nitrogen functional groups attached to an aromatic ring is 1. The predicted molar refractivity (Wildman–Crippen MR) is 80.4 cm³/mol. The van der Waals surface area contributed by atoms with Crippen LogP contribution in [0.15, 0.2) is 30.5 Å². The largest absolute Gasteiger partial charge is 0.369 e. The molecule has 1 atom stereocenters. The highest BCUT2D eigenvalue weighted by Gasteiger charge is 2.23. The SMILES string of the molecule is Nc1nc2cnc3ccccc3c2n1C1CCSC1. The summed E-state index contributed by atoms with van der Waals surface area (Å²) in [5, 5.41) is 1.14. The Morgan fingerprint density at radius 1 is 1.26 bits per heavy atom. The molecular weight excluding hydrogens is 256 g/mol. The van der Waals surface area contributed by atoms with E-state index in [0.29, 0.717) is 12.0 Å². The molecule has 1 fully saturated rings. The van der Waals surface area contributed by atoms with Crippen LogP contribution in [0.3, 0.4) is 0 Å². The second-order valence-electron chi connectivity index (χ2n) is 4.87. The number of aromatic nitrogens is 3. The van der Waals surface area contributed by atoms with Crippen molar-refractivity contribution in [2.45, 2.75) is 12.5 Å². The Morgan fingerprint density at radius 2 is 2.16 bits per heavy atom. The molecule has 0 aliphatic carbocycles. The minimum absolute atomic E-state index is 0.459. The Hall–Kier alpha value is -1.75. The van der Waals surface area contributed by atoms with Crippen molar-refractivity contribution in [1.82, 2.24) is 14.5 Å². The topological polar surface area (TPSA) is 56.7 Å². The van der Waals surface area contributed by atoms with Gasteiger partial charge in [0.15, 0.2) is 0 Å². The van der Waals surface area contributed by atoms with Gasteiger partial charge in [-0.15, -0.1) is 0 Å². The van der Waals surface area contributed by atoms with Gasteiger partial charge in [0, 0.05) is 17.2 Å². The van der Waals surface area contributed by atoms with E-state index in [4.69, 9.17) is 5.73 Å².